The van der Waals surface area contributed by atoms with E-state index in [0.717, 1.165) is 16.9 Å². The Morgan fingerprint density at radius 1 is 1.19 bits per heavy atom. The Labute approximate surface area is 122 Å². The van der Waals surface area contributed by atoms with Crippen LogP contribution in [0.2, 0.25) is 0 Å². The lowest BCUT2D eigenvalue weighted by molar-refractivity contribution is 0.0939. The Morgan fingerprint density at radius 2 is 1.95 bits per heavy atom. The second kappa shape index (κ2) is 5.36. The highest BCUT2D eigenvalue weighted by atomic mass is 16.2. The van der Waals surface area contributed by atoms with Gasteiger partial charge < -0.3 is 5.32 Å². The third-order valence-electron chi connectivity index (χ3n) is 3.12. The Kier molecular flexibility index (Phi) is 3.39. The van der Waals surface area contributed by atoms with Gasteiger partial charge in [0.1, 0.15) is 5.65 Å². The standard InChI is InChI=1S/C16H16N4O/c1-11(2)18-16(21)14-15(12-6-8-17-9-7-12)20-10-4-3-5-13(20)19-14/h3-11H,1-2H3,(H,18,21). The van der Waals surface area contributed by atoms with E-state index in [0.29, 0.717) is 5.69 Å². The molecule has 3 aromatic heterocycles. The fourth-order valence-corrected chi connectivity index (χ4v) is 2.27. The van der Waals surface area contributed by atoms with Crippen molar-refractivity contribution in [3.63, 3.8) is 0 Å². The van der Waals surface area contributed by atoms with Gasteiger partial charge in [0.05, 0.1) is 5.69 Å². The largest absolute Gasteiger partial charge is 0.348 e. The van der Waals surface area contributed by atoms with Gasteiger partial charge in [-0.3, -0.25) is 14.2 Å². The van der Waals surface area contributed by atoms with Gasteiger partial charge in [-0.15, -0.1) is 0 Å². The van der Waals surface area contributed by atoms with E-state index in [4.69, 9.17) is 0 Å². The van der Waals surface area contributed by atoms with E-state index < -0.39 is 0 Å². The molecule has 0 unspecified atom stereocenters. The maximum atomic E-state index is 12.4. The number of nitrogens with one attached hydrogen (secondary N) is 1. The average molecular weight is 280 g/mol. The summed E-state index contributed by atoms with van der Waals surface area (Å²) < 4.78 is 1.92. The monoisotopic (exact) mass is 280 g/mol. The molecule has 0 aliphatic rings. The van der Waals surface area contributed by atoms with E-state index >= 15 is 0 Å². The maximum Gasteiger partial charge on any atom is 0.272 e. The SMILES string of the molecule is CC(C)NC(=O)c1nc2ccccn2c1-c1ccncc1. The highest BCUT2D eigenvalue weighted by Crippen LogP contribution is 2.24. The van der Waals surface area contributed by atoms with Gasteiger partial charge >= 0.3 is 0 Å². The van der Waals surface area contributed by atoms with Crippen molar-refractivity contribution in [2.24, 2.45) is 0 Å². The number of fused-ring (bicyclic) bond motifs is 1. The first-order valence-corrected chi connectivity index (χ1v) is 6.85. The molecule has 3 aromatic rings. The number of carbonyl (C=O) groups excluding carboxylic acids is 1. The normalized spacial score (nSPS) is 11.0. The summed E-state index contributed by atoms with van der Waals surface area (Å²) in [5, 5.41) is 2.90. The molecule has 0 aromatic carbocycles. The smallest absolute Gasteiger partial charge is 0.272 e. The van der Waals surface area contributed by atoms with Gasteiger partial charge in [-0.1, -0.05) is 6.07 Å². The number of nitrogens with zero attached hydrogens (tertiary/aromatic N) is 3. The van der Waals surface area contributed by atoms with Crippen molar-refractivity contribution in [2.75, 3.05) is 0 Å². The molecule has 0 atom stereocenters. The summed E-state index contributed by atoms with van der Waals surface area (Å²) in [5.74, 6) is -0.166. The molecule has 0 fully saturated rings. The molecule has 1 N–H and O–H groups in total. The van der Waals surface area contributed by atoms with Crippen LogP contribution < -0.4 is 5.32 Å². The van der Waals surface area contributed by atoms with Crippen molar-refractivity contribution in [3.8, 4) is 11.3 Å². The van der Waals surface area contributed by atoms with E-state index in [1.807, 2.05) is 54.8 Å². The van der Waals surface area contributed by atoms with Crippen LogP contribution in [0.4, 0.5) is 0 Å². The van der Waals surface area contributed by atoms with Gasteiger partial charge in [0.15, 0.2) is 5.69 Å². The highest BCUT2D eigenvalue weighted by molar-refractivity contribution is 5.99. The van der Waals surface area contributed by atoms with E-state index in [2.05, 4.69) is 15.3 Å². The second-order valence-corrected chi connectivity index (χ2v) is 5.10. The molecule has 0 spiro atoms. The van der Waals surface area contributed by atoms with Crippen molar-refractivity contribution in [1.82, 2.24) is 19.7 Å². The fraction of sp³-hybridized carbons (Fsp3) is 0.188. The number of carbonyl (C=O) groups is 1. The Bertz CT molecular complexity index is 777. The number of pyridine rings is 2. The second-order valence-electron chi connectivity index (χ2n) is 5.10. The zero-order valence-electron chi connectivity index (χ0n) is 11.9. The number of aromatic nitrogens is 3. The molecule has 1 amide bonds. The molecule has 0 aliphatic heterocycles. The number of hydrogen-bond acceptors (Lipinski definition) is 3. The summed E-state index contributed by atoms with van der Waals surface area (Å²) in [6.07, 6.45) is 5.33. The molecule has 106 valence electrons. The Hall–Kier alpha value is -2.69. The van der Waals surface area contributed by atoms with Crippen molar-refractivity contribution < 1.29 is 4.79 Å². The number of amides is 1. The van der Waals surface area contributed by atoms with Crippen LogP contribution in [0, 0.1) is 0 Å². The first-order chi connectivity index (χ1) is 10.2. The van der Waals surface area contributed by atoms with Gasteiger partial charge in [-0.05, 0) is 38.1 Å². The van der Waals surface area contributed by atoms with Gasteiger partial charge in [0.2, 0.25) is 0 Å². The molecule has 0 saturated heterocycles. The Morgan fingerprint density at radius 3 is 2.67 bits per heavy atom. The number of rotatable bonds is 3. The van der Waals surface area contributed by atoms with Crippen LogP contribution in [-0.2, 0) is 0 Å². The van der Waals surface area contributed by atoms with Crippen molar-refractivity contribution in [2.45, 2.75) is 19.9 Å². The first-order valence-electron chi connectivity index (χ1n) is 6.85. The summed E-state index contributed by atoms with van der Waals surface area (Å²) in [6, 6.07) is 9.53. The molecule has 0 aliphatic carbocycles. The average Bonchev–Trinajstić information content (AvgIpc) is 2.87. The summed E-state index contributed by atoms with van der Waals surface area (Å²) in [7, 11) is 0. The number of hydrogen-bond donors (Lipinski definition) is 1. The maximum absolute atomic E-state index is 12.4. The van der Waals surface area contributed by atoms with Crippen molar-refractivity contribution in [1.29, 1.82) is 0 Å². The van der Waals surface area contributed by atoms with E-state index in [1.165, 1.54) is 0 Å². The molecule has 21 heavy (non-hydrogen) atoms. The van der Waals surface area contributed by atoms with Gasteiger partial charge in [-0.2, -0.15) is 0 Å². The van der Waals surface area contributed by atoms with Crippen LogP contribution in [0.3, 0.4) is 0 Å². The van der Waals surface area contributed by atoms with E-state index in [-0.39, 0.29) is 11.9 Å². The third kappa shape index (κ3) is 2.50. The Balaban J connectivity index is 2.22. The van der Waals surface area contributed by atoms with Gasteiger partial charge in [0.25, 0.3) is 5.91 Å². The molecule has 0 radical (unpaired) electrons. The van der Waals surface area contributed by atoms with E-state index in [9.17, 15) is 4.79 Å². The van der Waals surface area contributed by atoms with Crippen LogP contribution in [0.5, 0.6) is 0 Å². The van der Waals surface area contributed by atoms with Crippen molar-refractivity contribution >= 4 is 11.6 Å². The zero-order chi connectivity index (χ0) is 14.8. The van der Waals surface area contributed by atoms with Crippen LogP contribution in [0.25, 0.3) is 16.9 Å². The predicted molar refractivity (Wildman–Crippen MR) is 81.0 cm³/mol. The topological polar surface area (TPSA) is 59.3 Å². The van der Waals surface area contributed by atoms with Gasteiger partial charge in [-0.25, -0.2) is 4.98 Å². The fourth-order valence-electron chi connectivity index (χ4n) is 2.27. The minimum atomic E-state index is -0.166. The molecular formula is C16H16N4O. The lowest BCUT2D eigenvalue weighted by atomic mass is 10.1. The summed E-state index contributed by atoms with van der Waals surface area (Å²) in [5.41, 5.74) is 2.88. The van der Waals surface area contributed by atoms with Crippen LogP contribution >= 0.6 is 0 Å². The summed E-state index contributed by atoms with van der Waals surface area (Å²) >= 11 is 0. The molecule has 0 saturated carbocycles. The lowest BCUT2D eigenvalue weighted by Crippen LogP contribution is -2.30. The summed E-state index contributed by atoms with van der Waals surface area (Å²) in [4.78, 5) is 20.9. The molecule has 3 rings (SSSR count). The number of imidazole rings is 1. The molecule has 3 heterocycles. The van der Waals surface area contributed by atoms with Crippen molar-refractivity contribution in [3.05, 3.63) is 54.6 Å². The summed E-state index contributed by atoms with van der Waals surface area (Å²) in [6.45, 7) is 3.86. The van der Waals surface area contributed by atoms with Gasteiger partial charge in [0, 0.05) is 30.2 Å². The molecule has 0 bridgehead atoms. The highest BCUT2D eigenvalue weighted by Gasteiger charge is 2.20. The molecule has 5 nitrogen and oxygen atoms in total. The minimum absolute atomic E-state index is 0.0626. The quantitative estimate of drug-likeness (QED) is 0.802. The molecule has 5 heteroatoms. The lowest BCUT2D eigenvalue weighted by Gasteiger charge is -2.08. The van der Waals surface area contributed by atoms with E-state index in [1.54, 1.807) is 12.4 Å². The molecular weight excluding hydrogens is 264 g/mol. The van der Waals surface area contributed by atoms with Crippen LogP contribution in [-0.4, -0.2) is 26.3 Å². The zero-order valence-corrected chi connectivity index (χ0v) is 11.9. The third-order valence-corrected chi connectivity index (χ3v) is 3.12. The predicted octanol–water partition coefficient (Wildman–Crippen LogP) is 2.53. The van der Waals surface area contributed by atoms with Crippen LogP contribution in [0.15, 0.2) is 48.9 Å². The first kappa shape index (κ1) is 13.3. The minimum Gasteiger partial charge on any atom is -0.348 e. The van der Waals surface area contributed by atoms with Crippen LogP contribution in [0.1, 0.15) is 24.3 Å².